The molecule has 4 rings (SSSR count). The first kappa shape index (κ1) is 18.2. The second-order valence-corrected chi connectivity index (χ2v) is 6.77. The monoisotopic (exact) mass is 377 g/mol. The van der Waals surface area contributed by atoms with Crippen molar-refractivity contribution >= 4 is 11.7 Å². The van der Waals surface area contributed by atoms with Gasteiger partial charge in [-0.15, -0.1) is 10.2 Å². The Hall–Kier alpha value is -3.22. The van der Waals surface area contributed by atoms with Crippen molar-refractivity contribution in [3.05, 3.63) is 60.1 Å². The number of carbonyl (C=O) groups is 1. The highest BCUT2D eigenvalue weighted by Crippen LogP contribution is 2.28. The highest BCUT2D eigenvalue weighted by molar-refractivity contribution is 5.94. The van der Waals surface area contributed by atoms with Crippen LogP contribution in [0.2, 0.25) is 0 Å². The number of aryl methyl sites for hydroxylation is 1. The maximum atomic E-state index is 12.7. The molecule has 144 valence electrons. The fraction of sp³-hybridized carbons (Fsp3) is 0.333. The zero-order valence-electron chi connectivity index (χ0n) is 15.9. The highest BCUT2D eigenvalue weighted by atomic mass is 16.4. The Labute approximate surface area is 164 Å². The maximum absolute atomic E-state index is 12.7. The largest absolute Gasteiger partial charge is 0.421 e. The molecule has 1 saturated heterocycles. The Balaban J connectivity index is 1.48. The number of amides is 1. The zero-order chi connectivity index (χ0) is 19.3. The van der Waals surface area contributed by atoms with E-state index in [9.17, 15) is 4.79 Å². The number of benzene rings is 1. The molecule has 0 N–H and O–H groups in total. The van der Waals surface area contributed by atoms with Gasteiger partial charge in [0, 0.05) is 44.4 Å². The molecular formula is C21H23N5O2. The van der Waals surface area contributed by atoms with Gasteiger partial charge in [0.2, 0.25) is 5.89 Å². The molecule has 1 aliphatic rings. The van der Waals surface area contributed by atoms with Gasteiger partial charge in [0.1, 0.15) is 5.82 Å². The molecule has 3 aromatic rings. The summed E-state index contributed by atoms with van der Waals surface area (Å²) >= 11 is 0. The Bertz CT molecular complexity index is 933. The van der Waals surface area contributed by atoms with Crippen LogP contribution in [0.1, 0.15) is 29.6 Å². The van der Waals surface area contributed by atoms with E-state index in [1.165, 1.54) is 0 Å². The Morgan fingerprint density at radius 3 is 2.57 bits per heavy atom. The summed E-state index contributed by atoms with van der Waals surface area (Å²) in [6.45, 7) is 4.79. The van der Waals surface area contributed by atoms with Crippen LogP contribution in [0.5, 0.6) is 0 Å². The van der Waals surface area contributed by atoms with Gasteiger partial charge in [0.25, 0.3) is 11.8 Å². The fourth-order valence-electron chi connectivity index (χ4n) is 3.38. The molecule has 0 aliphatic carbocycles. The van der Waals surface area contributed by atoms with E-state index in [-0.39, 0.29) is 5.91 Å². The summed E-state index contributed by atoms with van der Waals surface area (Å²) < 4.78 is 5.81. The van der Waals surface area contributed by atoms with Crippen LogP contribution in [0.15, 0.2) is 53.1 Å². The molecule has 1 fully saturated rings. The van der Waals surface area contributed by atoms with Gasteiger partial charge in [0.15, 0.2) is 0 Å². The van der Waals surface area contributed by atoms with Crippen LogP contribution in [-0.4, -0.2) is 52.2 Å². The number of piperazine rings is 1. The van der Waals surface area contributed by atoms with Crippen LogP contribution in [0, 0.1) is 0 Å². The van der Waals surface area contributed by atoms with E-state index < -0.39 is 0 Å². The quantitative estimate of drug-likeness (QED) is 0.680. The van der Waals surface area contributed by atoms with Gasteiger partial charge >= 0.3 is 0 Å². The third-order valence-corrected chi connectivity index (χ3v) is 4.83. The van der Waals surface area contributed by atoms with Gasteiger partial charge < -0.3 is 14.2 Å². The minimum absolute atomic E-state index is 0.0719. The maximum Gasteiger partial charge on any atom is 0.253 e. The van der Waals surface area contributed by atoms with Crippen molar-refractivity contribution in [3.63, 3.8) is 0 Å². The Kier molecular flexibility index (Phi) is 5.32. The Morgan fingerprint density at radius 1 is 1.04 bits per heavy atom. The van der Waals surface area contributed by atoms with Gasteiger partial charge in [-0.3, -0.25) is 4.79 Å². The molecule has 0 spiro atoms. The average molecular weight is 377 g/mol. The standard InChI is InChI=1S/C21H23N5O2/c1-2-7-18-23-24-20(28-18)17-10-6-11-22-19(17)25-12-14-26(15-13-25)21(27)16-8-4-3-5-9-16/h3-6,8-11H,2,7,12-15H2,1H3. The van der Waals surface area contributed by atoms with Crippen molar-refractivity contribution in [2.45, 2.75) is 19.8 Å². The van der Waals surface area contributed by atoms with Crippen molar-refractivity contribution in [1.82, 2.24) is 20.1 Å². The topological polar surface area (TPSA) is 75.4 Å². The summed E-state index contributed by atoms with van der Waals surface area (Å²) in [6.07, 6.45) is 3.49. The molecule has 1 amide bonds. The van der Waals surface area contributed by atoms with Crippen LogP contribution >= 0.6 is 0 Å². The molecule has 0 unspecified atom stereocenters. The number of nitrogens with zero attached hydrogens (tertiary/aromatic N) is 5. The summed E-state index contributed by atoms with van der Waals surface area (Å²) in [4.78, 5) is 21.3. The third-order valence-electron chi connectivity index (χ3n) is 4.83. The lowest BCUT2D eigenvalue weighted by Gasteiger charge is -2.36. The van der Waals surface area contributed by atoms with Gasteiger partial charge in [-0.25, -0.2) is 4.98 Å². The Morgan fingerprint density at radius 2 is 1.82 bits per heavy atom. The second-order valence-electron chi connectivity index (χ2n) is 6.77. The highest BCUT2D eigenvalue weighted by Gasteiger charge is 2.25. The molecule has 28 heavy (non-hydrogen) atoms. The number of hydrogen-bond donors (Lipinski definition) is 0. The lowest BCUT2D eigenvalue weighted by atomic mass is 10.1. The third kappa shape index (κ3) is 3.74. The van der Waals surface area contributed by atoms with Gasteiger partial charge in [-0.1, -0.05) is 25.1 Å². The van der Waals surface area contributed by atoms with Crippen molar-refractivity contribution in [1.29, 1.82) is 0 Å². The van der Waals surface area contributed by atoms with Gasteiger partial charge in [0.05, 0.1) is 5.56 Å². The summed E-state index contributed by atoms with van der Waals surface area (Å²) in [6, 6.07) is 13.2. The lowest BCUT2D eigenvalue weighted by molar-refractivity contribution is 0.0746. The molecule has 2 aromatic heterocycles. The van der Waals surface area contributed by atoms with Crippen LogP contribution in [0.3, 0.4) is 0 Å². The average Bonchev–Trinajstić information content (AvgIpc) is 3.23. The van der Waals surface area contributed by atoms with Gasteiger partial charge in [-0.2, -0.15) is 0 Å². The smallest absolute Gasteiger partial charge is 0.253 e. The summed E-state index contributed by atoms with van der Waals surface area (Å²) in [7, 11) is 0. The number of anilines is 1. The van der Waals surface area contributed by atoms with Crippen LogP contribution in [-0.2, 0) is 6.42 Å². The van der Waals surface area contributed by atoms with E-state index in [0.717, 1.165) is 29.8 Å². The molecule has 0 atom stereocenters. The first-order chi connectivity index (χ1) is 13.8. The van der Waals surface area contributed by atoms with Crippen LogP contribution in [0.25, 0.3) is 11.5 Å². The van der Waals surface area contributed by atoms with E-state index in [1.807, 2.05) is 47.4 Å². The molecule has 1 aromatic carbocycles. The molecule has 7 nitrogen and oxygen atoms in total. The van der Waals surface area contributed by atoms with E-state index in [0.29, 0.717) is 38.0 Å². The van der Waals surface area contributed by atoms with Gasteiger partial charge in [-0.05, 0) is 30.7 Å². The van der Waals surface area contributed by atoms with E-state index >= 15 is 0 Å². The lowest BCUT2D eigenvalue weighted by Crippen LogP contribution is -2.49. The number of carbonyl (C=O) groups excluding carboxylic acids is 1. The summed E-state index contributed by atoms with van der Waals surface area (Å²) in [5, 5.41) is 8.32. The van der Waals surface area contributed by atoms with E-state index in [4.69, 9.17) is 4.42 Å². The molecule has 0 radical (unpaired) electrons. The number of pyridine rings is 1. The van der Waals surface area contributed by atoms with E-state index in [1.54, 1.807) is 6.20 Å². The predicted octanol–water partition coefficient (Wildman–Crippen LogP) is 3.05. The molecule has 0 saturated carbocycles. The molecule has 0 bridgehead atoms. The number of hydrogen-bond acceptors (Lipinski definition) is 6. The number of aromatic nitrogens is 3. The van der Waals surface area contributed by atoms with Crippen LogP contribution in [0.4, 0.5) is 5.82 Å². The van der Waals surface area contributed by atoms with Crippen molar-refractivity contribution in [2.75, 3.05) is 31.1 Å². The predicted molar refractivity (Wildman–Crippen MR) is 106 cm³/mol. The minimum Gasteiger partial charge on any atom is -0.421 e. The molecule has 1 aliphatic heterocycles. The van der Waals surface area contributed by atoms with Crippen molar-refractivity contribution in [3.8, 4) is 11.5 Å². The molecular weight excluding hydrogens is 354 g/mol. The summed E-state index contributed by atoms with van der Waals surface area (Å²) in [5.41, 5.74) is 1.56. The SMILES string of the molecule is CCCc1nnc(-c2cccnc2N2CCN(C(=O)c3ccccc3)CC2)o1. The zero-order valence-corrected chi connectivity index (χ0v) is 15.9. The van der Waals surface area contributed by atoms with Crippen LogP contribution < -0.4 is 4.90 Å². The first-order valence-corrected chi connectivity index (χ1v) is 9.63. The van der Waals surface area contributed by atoms with Crippen molar-refractivity contribution < 1.29 is 9.21 Å². The summed E-state index contributed by atoms with van der Waals surface area (Å²) in [5.74, 6) is 2.03. The first-order valence-electron chi connectivity index (χ1n) is 9.63. The minimum atomic E-state index is 0.0719. The van der Waals surface area contributed by atoms with Crippen molar-refractivity contribution in [2.24, 2.45) is 0 Å². The molecule has 7 heteroatoms. The second kappa shape index (κ2) is 8.21. The number of rotatable bonds is 5. The fourth-order valence-corrected chi connectivity index (χ4v) is 3.38. The normalized spacial score (nSPS) is 14.3. The van der Waals surface area contributed by atoms with E-state index in [2.05, 4.69) is 27.0 Å². The molecule has 3 heterocycles.